The summed E-state index contributed by atoms with van der Waals surface area (Å²) in [5.41, 5.74) is 0.736. The van der Waals surface area contributed by atoms with Gasteiger partial charge in [0.15, 0.2) is 0 Å². The molecule has 0 heterocycles. The van der Waals surface area contributed by atoms with Gasteiger partial charge in [-0.05, 0) is 11.6 Å². The second kappa shape index (κ2) is 5.60. The smallest absolute Gasteiger partial charge is 0.318 e. The highest BCUT2D eigenvalue weighted by molar-refractivity contribution is 7.92. The lowest BCUT2D eigenvalue weighted by atomic mass is 10.2. The molecule has 0 aliphatic carbocycles. The zero-order chi connectivity index (χ0) is 12.9. The molecule has 1 rings (SSSR count). The van der Waals surface area contributed by atoms with Crippen LogP contribution in [0.25, 0.3) is 6.08 Å². The number of carboxylic acid groups (broad SMARTS) is 1. The molecule has 1 aromatic rings. The van der Waals surface area contributed by atoms with Crippen LogP contribution < -0.4 is 0 Å². The second-order valence-electron chi connectivity index (χ2n) is 3.41. The first-order chi connectivity index (χ1) is 7.92. The molecule has 0 atom stereocenters. The van der Waals surface area contributed by atoms with Gasteiger partial charge in [-0.15, -0.1) is 0 Å². The summed E-state index contributed by atoms with van der Waals surface area (Å²) in [6.07, 6.45) is 1.42. The van der Waals surface area contributed by atoms with Crippen LogP contribution in [0.4, 0.5) is 0 Å². The highest BCUT2D eigenvalue weighted by Gasteiger charge is 2.16. The van der Waals surface area contributed by atoms with E-state index in [0.29, 0.717) is 0 Å². The van der Waals surface area contributed by atoms with Crippen molar-refractivity contribution in [1.29, 1.82) is 0 Å². The minimum absolute atomic E-state index is 0.554. The van der Waals surface area contributed by atoms with Crippen molar-refractivity contribution >= 4 is 22.1 Å². The molecule has 0 bridgehead atoms. The van der Waals surface area contributed by atoms with Gasteiger partial charge in [0.2, 0.25) is 10.0 Å². The Morgan fingerprint density at radius 3 is 2.47 bits per heavy atom. The van der Waals surface area contributed by atoms with Crippen LogP contribution in [-0.2, 0) is 14.8 Å². The Morgan fingerprint density at radius 1 is 1.35 bits per heavy atom. The van der Waals surface area contributed by atoms with Crippen LogP contribution in [0, 0.1) is 0 Å². The molecule has 0 saturated heterocycles. The molecule has 0 radical (unpaired) electrons. The van der Waals surface area contributed by atoms with Crippen molar-refractivity contribution < 1.29 is 18.3 Å². The molecule has 5 nitrogen and oxygen atoms in total. The summed E-state index contributed by atoms with van der Waals surface area (Å²) in [4.78, 5) is 10.4. The maximum absolute atomic E-state index is 11.6. The van der Waals surface area contributed by atoms with Crippen LogP contribution in [0.2, 0.25) is 0 Å². The third kappa shape index (κ3) is 4.38. The van der Waals surface area contributed by atoms with E-state index in [0.717, 1.165) is 15.3 Å². The summed E-state index contributed by atoms with van der Waals surface area (Å²) in [7, 11) is -2.46. The molecule has 6 heteroatoms. The van der Waals surface area contributed by atoms with Gasteiger partial charge in [0, 0.05) is 12.5 Å². The standard InChI is InChI=1S/C11H13NO4S/c1-12(9-11(13)14)17(15,16)8-7-10-5-3-2-4-6-10/h2-8H,9H2,1H3,(H,13,14). The number of rotatable bonds is 5. The summed E-state index contributed by atoms with van der Waals surface area (Å²) < 4.78 is 24.0. The van der Waals surface area contributed by atoms with E-state index in [4.69, 9.17) is 5.11 Å². The number of hydrogen-bond acceptors (Lipinski definition) is 3. The van der Waals surface area contributed by atoms with Crippen molar-refractivity contribution in [2.24, 2.45) is 0 Å². The number of hydrogen-bond donors (Lipinski definition) is 1. The maximum atomic E-state index is 11.6. The number of carbonyl (C=O) groups is 1. The highest BCUT2D eigenvalue weighted by atomic mass is 32.2. The predicted octanol–water partition coefficient (Wildman–Crippen LogP) is 1.00. The summed E-state index contributed by atoms with van der Waals surface area (Å²) in [5, 5.41) is 9.49. The normalized spacial score (nSPS) is 12.1. The monoisotopic (exact) mass is 255 g/mol. The van der Waals surface area contributed by atoms with E-state index in [1.54, 1.807) is 24.3 Å². The molecule has 92 valence electrons. The van der Waals surface area contributed by atoms with Gasteiger partial charge >= 0.3 is 5.97 Å². The zero-order valence-electron chi connectivity index (χ0n) is 9.28. The van der Waals surface area contributed by atoms with Gasteiger partial charge in [-0.3, -0.25) is 4.79 Å². The molecule has 17 heavy (non-hydrogen) atoms. The number of benzene rings is 1. The SMILES string of the molecule is CN(CC(=O)O)S(=O)(=O)C=Cc1ccccc1. The van der Waals surface area contributed by atoms with Gasteiger partial charge in [0.05, 0.1) is 0 Å². The van der Waals surface area contributed by atoms with Gasteiger partial charge in [-0.25, -0.2) is 8.42 Å². The van der Waals surface area contributed by atoms with Crippen molar-refractivity contribution in [3.63, 3.8) is 0 Å². The molecule has 0 aliphatic heterocycles. The van der Waals surface area contributed by atoms with E-state index >= 15 is 0 Å². The molecular weight excluding hydrogens is 242 g/mol. The summed E-state index contributed by atoms with van der Waals surface area (Å²) in [6.45, 7) is -0.554. The van der Waals surface area contributed by atoms with Gasteiger partial charge in [-0.1, -0.05) is 30.3 Å². The molecule has 0 aromatic heterocycles. The minimum atomic E-state index is -3.68. The molecule has 1 aromatic carbocycles. The Kier molecular flexibility index (Phi) is 4.42. The Balaban J connectivity index is 2.80. The quantitative estimate of drug-likeness (QED) is 0.851. The van der Waals surface area contributed by atoms with E-state index in [9.17, 15) is 13.2 Å². The fourth-order valence-electron chi connectivity index (χ4n) is 1.11. The van der Waals surface area contributed by atoms with Crippen LogP contribution >= 0.6 is 0 Å². The summed E-state index contributed by atoms with van der Waals surface area (Å²) in [6, 6.07) is 8.90. The van der Waals surface area contributed by atoms with Crippen LogP contribution in [0.15, 0.2) is 35.7 Å². The molecule has 0 saturated carbocycles. The van der Waals surface area contributed by atoms with E-state index in [1.165, 1.54) is 13.1 Å². The van der Waals surface area contributed by atoms with E-state index in [1.807, 2.05) is 6.07 Å². The predicted molar refractivity (Wildman–Crippen MR) is 64.7 cm³/mol. The van der Waals surface area contributed by atoms with Gasteiger partial charge in [-0.2, -0.15) is 4.31 Å². The van der Waals surface area contributed by atoms with E-state index in [-0.39, 0.29) is 0 Å². The number of sulfonamides is 1. The zero-order valence-corrected chi connectivity index (χ0v) is 10.1. The van der Waals surface area contributed by atoms with Crippen molar-refractivity contribution in [3.05, 3.63) is 41.3 Å². The van der Waals surface area contributed by atoms with Crippen LogP contribution in [0.1, 0.15) is 5.56 Å². The molecule has 0 aliphatic rings. The molecule has 0 amide bonds. The lowest BCUT2D eigenvalue weighted by Gasteiger charge is -2.10. The average Bonchev–Trinajstić information content (AvgIpc) is 2.27. The van der Waals surface area contributed by atoms with Crippen molar-refractivity contribution in [2.45, 2.75) is 0 Å². The topological polar surface area (TPSA) is 74.7 Å². The van der Waals surface area contributed by atoms with Crippen molar-refractivity contribution in [1.82, 2.24) is 4.31 Å². The lowest BCUT2D eigenvalue weighted by molar-refractivity contribution is -0.137. The Morgan fingerprint density at radius 2 is 1.94 bits per heavy atom. The van der Waals surface area contributed by atoms with Crippen LogP contribution in [-0.4, -0.2) is 37.4 Å². The fourth-order valence-corrected chi connectivity index (χ4v) is 1.94. The van der Waals surface area contributed by atoms with E-state index in [2.05, 4.69) is 0 Å². The van der Waals surface area contributed by atoms with Gasteiger partial charge in [0.25, 0.3) is 0 Å². The highest BCUT2D eigenvalue weighted by Crippen LogP contribution is 2.06. The first-order valence-corrected chi connectivity index (χ1v) is 6.33. The summed E-state index contributed by atoms with van der Waals surface area (Å²) >= 11 is 0. The molecule has 0 fully saturated rings. The second-order valence-corrected chi connectivity index (χ2v) is 5.33. The summed E-state index contributed by atoms with van der Waals surface area (Å²) in [5.74, 6) is -1.19. The Bertz CT molecular complexity index is 508. The molecule has 0 unspecified atom stereocenters. The number of aliphatic carboxylic acids is 1. The van der Waals surface area contributed by atoms with Crippen molar-refractivity contribution in [2.75, 3.05) is 13.6 Å². The van der Waals surface area contributed by atoms with E-state index < -0.39 is 22.5 Å². The molecule has 0 spiro atoms. The average molecular weight is 255 g/mol. The minimum Gasteiger partial charge on any atom is -0.480 e. The fraction of sp³-hybridized carbons (Fsp3) is 0.182. The lowest BCUT2D eigenvalue weighted by Crippen LogP contribution is -2.30. The molecule has 1 N–H and O–H groups in total. The third-order valence-electron chi connectivity index (χ3n) is 2.02. The largest absolute Gasteiger partial charge is 0.480 e. The first kappa shape index (κ1) is 13.4. The number of likely N-dealkylation sites (N-methyl/N-ethyl adjacent to an activating group) is 1. The number of nitrogens with zero attached hydrogens (tertiary/aromatic N) is 1. The van der Waals surface area contributed by atoms with Gasteiger partial charge in [0.1, 0.15) is 6.54 Å². The maximum Gasteiger partial charge on any atom is 0.318 e. The van der Waals surface area contributed by atoms with Crippen LogP contribution in [0.3, 0.4) is 0 Å². The first-order valence-electron chi connectivity index (χ1n) is 4.83. The third-order valence-corrected chi connectivity index (χ3v) is 3.50. The van der Waals surface area contributed by atoms with Gasteiger partial charge < -0.3 is 5.11 Å². The molecular formula is C11H13NO4S. The number of carboxylic acids is 1. The van der Waals surface area contributed by atoms with Crippen molar-refractivity contribution in [3.8, 4) is 0 Å². The Labute approximate surface area is 100 Å². The Hall–Kier alpha value is -1.66. The van der Waals surface area contributed by atoms with Crippen LogP contribution in [0.5, 0.6) is 0 Å².